The largest absolute Gasteiger partial charge is 0.391 e. The van der Waals surface area contributed by atoms with Gasteiger partial charge in [-0.1, -0.05) is 13.8 Å². The van der Waals surface area contributed by atoms with Crippen LogP contribution in [0.15, 0.2) is 0 Å². The minimum absolute atomic E-state index is 0.0689. The van der Waals surface area contributed by atoms with E-state index in [2.05, 4.69) is 5.32 Å². The van der Waals surface area contributed by atoms with Crippen LogP contribution in [0.4, 0.5) is 0 Å². The fraction of sp³-hybridized carbons (Fsp3) is 0.917. The maximum atomic E-state index is 11.6. The zero-order chi connectivity index (χ0) is 12.7. The number of aliphatic hydroxyl groups is 1. The molecule has 3 unspecified atom stereocenters. The van der Waals surface area contributed by atoms with Gasteiger partial charge in [0.1, 0.15) is 0 Å². The molecule has 0 radical (unpaired) electrons. The van der Waals surface area contributed by atoms with E-state index in [1.165, 1.54) is 0 Å². The molecule has 0 aromatic rings. The molecule has 0 fully saturated rings. The summed E-state index contributed by atoms with van der Waals surface area (Å²) in [5.41, 5.74) is 0. The van der Waals surface area contributed by atoms with Gasteiger partial charge in [-0.05, 0) is 26.7 Å². The van der Waals surface area contributed by atoms with Crippen LogP contribution in [0.5, 0.6) is 0 Å². The number of ether oxygens (including phenoxy) is 1. The number of carbonyl (C=O) groups excluding carboxylic acids is 1. The summed E-state index contributed by atoms with van der Waals surface area (Å²) >= 11 is 0. The Morgan fingerprint density at radius 2 is 1.88 bits per heavy atom. The molecule has 4 heteroatoms. The van der Waals surface area contributed by atoms with E-state index in [4.69, 9.17) is 4.74 Å². The molecule has 0 aliphatic heterocycles. The van der Waals surface area contributed by atoms with Gasteiger partial charge in [0.15, 0.2) is 0 Å². The van der Waals surface area contributed by atoms with Gasteiger partial charge in [0, 0.05) is 6.61 Å². The third-order valence-electron chi connectivity index (χ3n) is 2.49. The van der Waals surface area contributed by atoms with Gasteiger partial charge in [-0.2, -0.15) is 0 Å². The second kappa shape index (κ2) is 7.63. The van der Waals surface area contributed by atoms with Crippen molar-refractivity contribution in [2.45, 2.75) is 59.3 Å². The Labute approximate surface area is 98.4 Å². The van der Waals surface area contributed by atoms with Crippen LogP contribution in [-0.2, 0) is 9.53 Å². The minimum atomic E-state index is -0.536. The summed E-state index contributed by atoms with van der Waals surface area (Å²) in [6.07, 6.45) is -0.276. The second-order valence-corrected chi connectivity index (χ2v) is 4.55. The van der Waals surface area contributed by atoms with Crippen molar-refractivity contribution in [3.05, 3.63) is 0 Å². The molecule has 4 nitrogen and oxygen atoms in total. The molecule has 0 heterocycles. The van der Waals surface area contributed by atoms with E-state index in [9.17, 15) is 9.90 Å². The molecule has 0 spiro atoms. The predicted molar refractivity (Wildman–Crippen MR) is 64.2 cm³/mol. The molecule has 0 rings (SSSR count). The van der Waals surface area contributed by atoms with Crippen LogP contribution in [0.1, 0.15) is 41.0 Å². The number of aliphatic hydroxyl groups excluding tert-OH is 1. The van der Waals surface area contributed by atoms with Gasteiger partial charge in [-0.3, -0.25) is 4.79 Å². The molecule has 0 aromatic heterocycles. The zero-order valence-electron chi connectivity index (χ0n) is 11.0. The molecule has 16 heavy (non-hydrogen) atoms. The second-order valence-electron chi connectivity index (χ2n) is 4.55. The normalized spacial score (nSPS) is 16.9. The Kier molecular flexibility index (Phi) is 7.34. The standard InChI is InChI=1S/C12H25NO3/c1-6-16-9(4)7-11(15)13-12(8(2)3)10(5)14/h8-10,12,14H,6-7H2,1-5H3,(H,13,15). The lowest BCUT2D eigenvalue weighted by Crippen LogP contribution is -2.46. The Hall–Kier alpha value is -0.610. The topological polar surface area (TPSA) is 58.6 Å². The van der Waals surface area contributed by atoms with Gasteiger partial charge >= 0.3 is 0 Å². The highest BCUT2D eigenvalue weighted by atomic mass is 16.5. The lowest BCUT2D eigenvalue weighted by atomic mass is 9.99. The van der Waals surface area contributed by atoms with Crippen molar-refractivity contribution < 1.29 is 14.6 Å². The molecule has 3 atom stereocenters. The van der Waals surface area contributed by atoms with Gasteiger partial charge in [0.25, 0.3) is 0 Å². The van der Waals surface area contributed by atoms with E-state index in [1.54, 1.807) is 6.92 Å². The Morgan fingerprint density at radius 1 is 1.31 bits per heavy atom. The number of nitrogens with one attached hydrogen (secondary N) is 1. The first kappa shape index (κ1) is 15.4. The highest BCUT2D eigenvalue weighted by Crippen LogP contribution is 2.07. The first-order chi connectivity index (χ1) is 7.38. The molecule has 0 bridgehead atoms. The van der Waals surface area contributed by atoms with E-state index in [0.29, 0.717) is 13.0 Å². The van der Waals surface area contributed by atoms with E-state index < -0.39 is 6.10 Å². The molecule has 2 N–H and O–H groups in total. The maximum Gasteiger partial charge on any atom is 0.222 e. The van der Waals surface area contributed by atoms with Gasteiger partial charge in [0.2, 0.25) is 5.91 Å². The van der Waals surface area contributed by atoms with Crippen LogP contribution >= 0.6 is 0 Å². The van der Waals surface area contributed by atoms with Crippen molar-refractivity contribution in [3.8, 4) is 0 Å². The van der Waals surface area contributed by atoms with Gasteiger partial charge in [-0.15, -0.1) is 0 Å². The molecule has 0 saturated heterocycles. The first-order valence-corrected chi connectivity index (χ1v) is 5.97. The number of rotatable bonds is 7. The summed E-state index contributed by atoms with van der Waals surface area (Å²) in [5.74, 6) is 0.145. The summed E-state index contributed by atoms with van der Waals surface area (Å²) in [7, 11) is 0. The minimum Gasteiger partial charge on any atom is -0.391 e. The molecule has 0 aliphatic rings. The number of hydrogen-bond donors (Lipinski definition) is 2. The summed E-state index contributed by atoms with van der Waals surface area (Å²) in [4.78, 5) is 11.6. The maximum absolute atomic E-state index is 11.6. The van der Waals surface area contributed by atoms with Crippen LogP contribution in [0, 0.1) is 5.92 Å². The molecular formula is C12H25NO3. The van der Waals surface area contributed by atoms with E-state index in [0.717, 1.165) is 0 Å². The predicted octanol–water partition coefficient (Wildman–Crippen LogP) is 1.32. The molecule has 0 saturated carbocycles. The van der Waals surface area contributed by atoms with Crippen LogP contribution in [0.3, 0.4) is 0 Å². The molecule has 0 aromatic carbocycles. The van der Waals surface area contributed by atoms with Crippen LogP contribution in [0.2, 0.25) is 0 Å². The average molecular weight is 231 g/mol. The Balaban J connectivity index is 4.10. The number of hydrogen-bond acceptors (Lipinski definition) is 3. The fourth-order valence-electron chi connectivity index (χ4n) is 1.69. The van der Waals surface area contributed by atoms with Crippen molar-refractivity contribution >= 4 is 5.91 Å². The molecule has 0 aliphatic carbocycles. The smallest absolute Gasteiger partial charge is 0.222 e. The number of amides is 1. The SMILES string of the molecule is CCOC(C)CC(=O)NC(C(C)C)C(C)O. The highest BCUT2D eigenvalue weighted by Gasteiger charge is 2.21. The zero-order valence-corrected chi connectivity index (χ0v) is 11.0. The average Bonchev–Trinajstić information content (AvgIpc) is 2.13. The molecular weight excluding hydrogens is 206 g/mol. The molecule has 1 amide bonds. The lowest BCUT2D eigenvalue weighted by molar-refractivity contribution is -0.125. The van der Waals surface area contributed by atoms with Gasteiger partial charge < -0.3 is 15.2 Å². The monoisotopic (exact) mass is 231 g/mol. The van der Waals surface area contributed by atoms with Gasteiger partial charge in [-0.25, -0.2) is 0 Å². The third-order valence-corrected chi connectivity index (χ3v) is 2.49. The van der Waals surface area contributed by atoms with Crippen molar-refractivity contribution in [2.75, 3.05) is 6.61 Å². The van der Waals surface area contributed by atoms with Crippen molar-refractivity contribution in [2.24, 2.45) is 5.92 Å². The lowest BCUT2D eigenvalue weighted by Gasteiger charge is -2.25. The Bertz CT molecular complexity index is 196. The summed E-state index contributed by atoms with van der Waals surface area (Å²) < 4.78 is 5.29. The fourth-order valence-corrected chi connectivity index (χ4v) is 1.69. The van der Waals surface area contributed by atoms with Crippen molar-refractivity contribution in [3.63, 3.8) is 0 Å². The van der Waals surface area contributed by atoms with Gasteiger partial charge in [0.05, 0.1) is 24.7 Å². The van der Waals surface area contributed by atoms with Crippen LogP contribution < -0.4 is 5.32 Å². The van der Waals surface area contributed by atoms with Crippen LogP contribution in [0.25, 0.3) is 0 Å². The highest BCUT2D eigenvalue weighted by molar-refractivity contribution is 5.76. The molecule has 96 valence electrons. The first-order valence-electron chi connectivity index (χ1n) is 5.97. The Morgan fingerprint density at radius 3 is 2.25 bits per heavy atom. The summed E-state index contributed by atoms with van der Waals surface area (Å²) in [6, 6.07) is -0.193. The quantitative estimate of drug-likeness (QED) is 0.695. The summed E-state index contributed by atoms with van der Waals surface area (Å²) in [5, 5.41) is 12.4. The van der Waals surface area contributed by atoms with E-state index >= 15 is 0 Å². The van der Waals surface area contributed by atoms with E-state index in [-0.39, 0.29) is 24.0 Å². The summed E-state index contributed by atoms with van der Waals surface area (Å²) in [6.45, 7) is 10.0. The third kappa shape index (κ3) is 6.08. The van der Waals surface area contributed by atoms with Crippen LogP contribution in [-0.4, -0.2) is 35.9 Å². The van der Waals surface area contributed by atoms with E-state index in [1.807, 2.05) is 27.7 Å². The van der Waals surface area contributed by atoms with Crippen molar-refractivity contribution in [1.29, 1.82) is 0 Å². The number of carbonyl (C=O) groups is 1. The van der Waals surface area contributed by atoms with Crippen molar-refractivity contribution in [1.82, 2.24) is 5.32 Å².